The van der Waals surface area contributed by atoms with Crippen LogP contribution in [0.3, 0.4) is 0 Å². The molecule has 1 N–H and O–H groups in total. The van der Waals surface area contributed by atoms with Crippen LogP contribution in [-0.4, -0.2) is 29.9 Å². The molecular formula is C16H23FN2O. The quantitative estimate of drug-likeness (QED) is 0.898. The average molecular weight is 278 g/mol. The van der Waals surface area contributed by atoms with Crippen LogP contribution < -0.4 is 5.32 Å². The smallest absolute Gasteiger partial charge is 0.237 e. The second kappa shape index (κ2) is 6.84. The Kier molecular flexibility index (Phi) is 5.12. The highest BCUT2D eigenvalue weighted by Crippen LogP contribution is 2.18. The zero-order valence-electron chi connectivity index (χ0n) is 12.2. The normalized spacial score (nSPS) is 17.4. The van der Waals surface area contributed by atoms with Crippen LogP contribution in [0.1, 0.15) is 38.2 Å². The first-order chi connectivity index (χ1) is 9.58. The van der Waals surface area contributed by atoms with Crippen LogP contribution in [0.2, 0.25) is 0 Å². The summed E-state index contributed by atoms with van der Waals surface area (Å²) in [7, 11) is 1.85. The first-order valence-electron chi connectivity index (χ1n) is 7.32. The van der Waals surface area contributed by atoms with Crippen LogP contribution in [0.25, 0.3) is 0 Å². The summed E-state index contributed by atoms with van der Waals surface area (Å²) < 4.78 is 13.6. The van der Waals surface area contributed by atoms with Gasteiger partial charge in [-0.3, -0.25) is 9.69 Å². The van der Waals surface area contributed by atoms with E-state index in [4.69, 9.17) is 0 Å². The van der Waals surface area contributed by atoms with Crippen molar-refractivity contribution in [2.75, 3.05) is 7.05 Å². The van der Waals surface area contributed by atoms with E-state index in [1.54, 1.807) is 12.1 Å². The molecule has 1 fully saturated rings. The molecule has 1 saturated carbocycles. The summed E-state index contributed by atoms with van der Waals surface area (Å²) in [6.45, 7) is 2.30. The monoisotopic (exact) mass is 278 g/mol. The Balaban J connectivity index is 1.89. The SMILES string of the molecule is CC(C(=O)NC1CCCC1)N(C)Cc1ccccc1F. The second-order valence-corrected chi connectivity index (χ2v) is 5.67. The van der Waals surface area contributed by atoms with E-state index >= 15 is 0 Å². The molecule has 1 amide bonds. The molecule has 0 heterocycles. The van der Waals surface area contributed by atoms with Crippen LogP contribution in [0.4, 0.5) is 4.39 Å². The topological polar surface area (TPSA) is 32.3 Å². The van der Waals surface area contributed by atoms with E-state index in [0.717, 1.165) is 12.8 Å². The minimum atomic E-state index is -0.254. The van der Waals surface area contributed by atoms with Crippen LogP contribution in [0.15, 0.2) is 24.3 Å². The van der Waals surface area contributed by atoms with Gasteiger partial charge in [0.15, 0.2) is 0 Å². The highest BCUT2D eigenvalue weighted by molar-refractivity contribution is 5.81. The minimum Gasteiger partial charge on any atom is -0.352 e. The molecule has 0 saturated heterocycles. The molecule has 1 unspecified atom stereocenters. The number of carbonyl (C=O) groups is 1. The van der Waals surface area contributed by atoms with Gasteiger partial charge in [-0.05, 0) is 32.9 Å². The van der Waals surface area contributed by atoms with E-state index in [1.165, 1.54) is 18.9 Å². The van der Waals surface area contributed by atoms with Crippen LogP contribution in [-0.2, 0) is 11.3 Å². The molecule has 110 valence electrons. The number of nitrogens with zero attached hydrogens (tertiary/aromatic N) is 1. The Labute approximate surface area is 120 Å². The number of nitrogens with one attached hydrogen (secondary N) is 1. The van der Waals surface area contributed by atoms with Gasteiger partial charge in [0, 0.05) is 18.2 Å². The molecule has 3 nitrogen and oxygen atoms in total. The maximum Gasteiger partial charge on any atom is 0.237 e. The Morgan fingerprint density at radius 3 is 2.70 bits per heavy atom. The molecular weight excluding hydrogens is 255 g/mol. The number of hydrogen-bond donors (Lipinski definition) is 1. The molecule has 0 radical (unpaired) electrons. The van der Waals surface area contributed by atoms with E-state index in [0.29, 0.717) is 18.2 Å². The van der Waals surface area contributed by atoms with Gasteiger partial charge in [-0.1, -0.05) is 31.0 Å². The summed E-state index contributed by atoms with van der Waals surface area (Å²) in [6, 6.07) is 6.77. The van der Waals surface area contributed by atoms with Crippen molar-refractivity contribution in [3.05, 3.63) is 35.6 Å². The number of carbonyl (C=O) groups excluding carboxylic acids is 1. The summed E-state index contributed by atoms with van der Waals surface area (Å²) in [6.07, 6.45) is 4.56. The third kappa shape index (κ3) is 3.79. The van der Waals surface area contributed by atoms with Crippen LogP contribution >= 0.6 is 0 Å². The third-order valence-corrected chi connectivity index (χ3v) is 4.12. The first kappa shape index (κ1) is 15.0. The fourth-order valence-corrected chi connectivity index (χ4v) is 2.62. The zero-order chi connectivity index (χ0) is 14.5. The lowest BCUT2D eigenvalue weighted by atomic mass is 10.1. The summed E-state index contributed by atoms with van der Waals surface area (Å²) in [4.78, 5) is 14.0. The molecule has 1 aliphatic rings. The number of benzene rings is 1. The third-order valence-electron chi connectivity index (χ3n) is 4.12. The summed E-state index contributed by atoms with van der Waals surface area (Å²) in [5.74, 6) is -0.182. The fourth-order valence-electron chi connectivity index (χ4n) is 2.62. The Morgan fingerprint density at radius 2 is 2.05 bits per heavy atom. The van der Waals surface area contributed by atoms with Crippen molar-refractivity contribution in [3.63, 3.8) is 0 Å². The van der Waals surface area contributed by atoms with Gasteiger partial charge < -0.3 is 5.32 Å². The van der Waals surface area contributed by atoms with E-state index < -0.39 is 0 Å². The van der Waals surface area contributed by atoms with Gasteiger partial charge in [0.2, 0.25) is 5.91 Å². The van der Waals surface area contributed by atoms with Gasteiger partial charge in [-0.15, -0.1) is 0 Å². The Bertz CT molecular complexity index is 458. The molecule has 1 aliphatic carbocycles. The van der Waals surface area contributed by atoms with E-state index in [2.05, 4.69) is 5.32 Å². The molecule has 0 bridgehead atoms. The molecule has 1 aromatic rings. The van der Waals surface area contributed by atoms with Crippen molar-refractivity contribution in [1.29, 1.82) is 0 Å². The van der Waals surface area contributed by atoms with Crippen molar-refractivity contribution in [2.45, 2.75) is 51.2 Å². The van der Waals surface area contributed by atoms with Gasteiger partial charge in [0.1, 0.15) is 5.82 Å². The van der Waals surface area contributed by atoms with E-state index in [-0.39, 0.29) is 17.8 Å². The van der Waals surface area contributed by atoms with Gasteiger partial charge in [0.25, 0.3) is 0 Å². The number of rotatable bonds is 5. The van der Waals surface area contributed by atoms with Crippen LogP contribution in [0, 0.1) is 5.82 Å². The standard InChI is InChI=1S/C16H23FN2O/c1-12(16(20)18-14-8-4-5-9-14)19(2)11-13-7-3-6-10-15(13)17/h3,6-7,10,12,14H,4-5,8-9,11H2,1-2H3,(H,18,20). The largest absolute Gasteiger partial charge is 0.352 e. The molecule has 0 aromatic heterocycles. The fraction of sp³-hybridized carbons (Fsp3) is 0.562. The maximum absolute atomic E-state index is 13.6. The maximum atomic E-state index is 13.6. The lowest BCUT2D eigenvalue weighted by molar-refractivity contribution is -0.126. The van der Waals surface area contributed by atoms with Crippen molar-refractivity contribution >= 4 is 5.91 Å². The molecule has 4 heteroatoms. The highest BCUT2D eigenvalue weighted by atomic mass is 19.1. The van der Waals surface area contributed by atoms with Gasteiger partial charge in [0.05, 0.1) is 6.04 Å². The van der Waals surface area contributed by atoms with E-state index in [1.807, 2.05) is 24.9 Å². The van der Waals surface area contributed by atoms with Crippen molar-refractivity contribution in [1.82, 2.24) is 10.2 Å². The molecule has 0 spiro atoms. The molecule has 0 aliphatic heterocycles. The zero-order valence-corrected chi connectivity index (χ0v) is 12.2. The highest BCUT2D eigenvalue weighted by Gasteiger charge is 2.23. The van der Waals surface area contributed by atoms with Crippen molar-refractivity contribution in [2.24, 2.45) is 0 Å². The molecule has 2 rings (SSSR count). The Hall–Kier alpha value is -1.42. The number of likely N-dealkylation sites (N-methyl/N-ethyl adjacent to an activating group) is 1. The van der Waals surface area contributed by atoms with Crippen molar-refractivity contribution in [3.8, 4) is 0 Å². The van der Waals surface area contributed by atoms with Gasteiger partial charge in [-0.25, -0.2) is 4.39 Å². The first-order valence-corrected chi connectivity index (χ1v) is 7.32. The lowest BCUT2D eigenvalue weighted by Crippen LogP contribution is -2.46. The minimum absolute atomic E-state index is 0.0377. The second-order valence-electron chi connectivity index (χ2n) is 5.67. The Morgan fingerprint density at radius 1 is 1.40 bits per heavy atom. The summed E-state index contributed by atoms with van der Waals surface area (Å²) in [5, 5.41) is 3.09. The summed E-state index contributed by atoms with van der Waals surface area (Å²) >= 11 is 0. The lowest BCUT2D eigenvalue weighted by Gasteiger charge is -2.25. The number of halogens is 1. The van der Waals surface area contributed by atoms with Gasteiger partial charge in [-0.2, -0.15) is 0 Å². The predicted molar refractivity (Wildman–Crippen MR) is 77.7 cm³/mol. The molecule has 20 heavy (non-hydrogen) atoms. The van der Waals surface area contributed by atoms with Gasteiger partial charge >= 0.3 is 0 Å². The predicted octanol–water partition coefficient (Wildman–Crippen LogP) is 2.70. The number of amides is 1. The molecule has 1 atom stereocenters. The van der Waals surface area contributed by atoms with Crippen molar-refractivity contribution < 1.29 is 9.18 Å². The average Bonchev–Trinajstić information content (AvgIpc) is 2.93. The van der Waals surface area contributed by atoms with Crippen LogP contribution in [0.5, 0.6) is 0 Å². The molecule has 1 aromatic carbocycles. The summed E-state index contributed by atoms with van der Waals surface area (Å²) in [5.41, 5.74) is 0.621. The number of hydrogen-bond acceptors (Lipinski definition) is 2. The van der Waals surface area contributed by atoms with E-state index in [9.17, 15) is 9.18 Å².